The third kappa shape index (κ3) is 7.88. The molecule has 0 radical (unpaired) electrons. The van der Waals surface area contributed by atoms with E-state index in [1.165, 1.54) is 0 Å². The predicted molar refractivity (Wildman–Crippen MR) is 54.2 cm³/mol. The second-order valence-corrected chi connectivity index (χ2v) is 5.21. The van der Waals surface area contributed by atoms with Crippen LogP contribution in [0, 0.1) is 0 Å². The highest BCUT2D eigenvalue weighted by molar-refractivity contribution is 7.53. The largest absolute Gasteiger partial charge is 0.478 e. The maximum Gasteiger partial charge on any atom is 0.478 e. The minimum absolute atomic E-state index is 0.171. The molecule has 0 N–H and O–H groups in total. The smallest absolute Gasteiger partial charge is 0.449 e. The van der Waals surface area contributed by atoms with Crippen molar-refractivity contribution < 1.29 is 26.6 Å². The first-order chi connectivity index (χ1) is 6.83. The van der Waals surface area contributed by atoms with Gasteiger partial charge < -0.3 is 22.0 Å². The fraction of sp³-hybridized carbons (Fsp3) is 1.00. The molecule has 0 unspecified atom stereocenters. The zero-order valence-corrected chi connectivity index (χ0v) is 9.81. The first-order valence-electron chi connectivity index (χ1n) is 4.92. The van der Waals surface area contributed by atoms with Crippen molar-refractivity contribution in [1.29, 1.82) is 0 Å². The maximum absolute atomic E-state index is 11.9. The van der Waals surface area contributed by atoms with Crippen LogP contribution in [0.15, 0.2) is 0 Å². The van der Waals surface area contributed by atoms with Gasteiger partial charge in [-0.15, -0.1) is 0 Å². The van der Waals surface area contributed by atoms with Crippen molar-refractivity contribution in [2.45, 2.75) is 26.6 Å². The molecule has 0 aliphatic rings. The molecule has 0 saturated carbocycles. The minimum Gasteiger partial charge on any atom is -0.449 e. The molecule has 0 aliphatic carbocycles. The second-order valence-electron chi connectivity index (χ2n) is 3.02. The van der Waals surface area contributed by atoms with Crippen molar-refractivity contribution in [3.8, 4) is 0 Å². The number of hydrogen-bond donors (Lipinski definition) is 0. The van der Waals surface area contributed by atoms with Gasteiger partial charge in [0.05, 0.1) is 13.2 Å². The van der Waals surface area contributed by atoms with Crippen LogP contribution in [0.4, 0.5) is 12.9 Å². The van der Waals surface area contributed by atoms with Crippen LogP contribution in [0.5, 0.6) is 0 Å². The summed E-state index contributed by atoms with van der Waals surface area (Å²) in [7, 11) is -3.30. The Morgan fingerprint density at radius 1 is 1.13 bits per heavy atom. The summed E-state index contributed by atoms with van der Waals surface area (Å²) in [5.74, 6) is 0. The molecule has 0 heterocycles. The molecule has 3 nitrogen and oxygen atoms in total. The molecular formula is C7H16BF3O3P-. The SMILES string of the molecule is CCOP(=O)(CCC[B-](F)(F)F)OCC. The van der Waals surface area contributed by atoms with Crippen molar-refractivity contribution in [1.82, 2.24) is 0 Å². The van der Waals surface area contributed by atoms with Crippen LogP contribution >= 0.6 is 7.60 Å². The lowest BCUT2D eigenvalue weighted by molar-refractivity contribution is 0.220. The van der Waals surface area contributed by atoms with Gasteiger partial charge in [0.2, 0.25) is 0 Å². The molecule has 0 atom stereocenters. The summed E-state index contributed by atoms with van der Waals surface area (Å²) in [6.07, 6.45) is -1.28. The molecular weight excluding hydrogens is 231 g/mol. The van der Waals surface area contributed by atoms with Gasteiger partial charge in [0.1, 0.15) is 0 Å². The summed E-state index contributed by atoms with van der Waals surface area (Å²) in [4.78, 5) is 0. The van der Waals surface area contributed by atoms with E-state index in [1.807, 2.05) is 0 Å². The average Bonchev–Trinajstić information content (AvgIpc) is 2.01. The van der Waals surface area contributed by atoms with Crippen molar-refractivity contribution in [3.63, 3.8) is 0 Å². The standard InChI is InChI=1S/C7H16BF3O3P/c1-3-13-15(12,14-4-2)7-5-6-8(9,10)11/h3-7H2,1-2H3/q-1. The lowest BCUT2D eigenvalue weighted by Crippen LogP contribution is -2.15. The molecule has 0 saturated heterocycles. The molecule has 8 heteroatoms. The number of hydrogen-bond acceptors (Lipinski definition) is 3. The Kier molecular flexibility index (Phi) is 6.56. The molecule has 15 heavy (non-hydrogen) atoms. The van der Waals surface area contributed by atoms with E-state index in [1.54, 1.807) is 13.8 Å². The molecule has 0 fully saturated rings. The fourth-order valence-electron chi connectivity index (χ4n) is 1.08. The molecule has 0 aliphatic heterocycles. The van der Waals surface area contributed by atoms with Gasteiger partial charge in [-0.1, -0.05) is 12.7 Å². The summed E-state index contributed by atoms with van der Waals surface area (Å²) >= 11 is 0. The van der Waals surface area contributed by atoms with E-state index in [0.717, 1.165) is 0 Å². The Balaban J connectivity index is 4.02. The molecule has 0 aromatic carbocycles. The molecule has 0 aromatic rings. The lowest BCUT2D eigenvalue weighted by Gasteiger charge is -2.18. The molecule has 92 valence electrons. The zero-order valence-electron chi connectivity index (χ0n) is 8.92. The van der Waals surface area contributed by atoms with Crippen molar-refractivity contribution in [3.05, 3.63) is 0 Å². The Morgan fingerprint density at radius 2 is 1.60 bits per heavy atom. The van der Waals surface area contributed by atoms with Gasteiger partial charge >= 0.3 is 14.6 Å². The van der Waals surface area contributed by atoms with Crippen LogP contribution in [-0.2, 0) is 13.6 Å². The number of rotatable bonds is 8. The maximum atomic E-state index is 11.9. The van der Waals surface area contributed by atoms with Gasteiger partial charge in [-0.2, -0.15) is 0 Å². The van der Waals surface area contributed by atoms with Gasteiger partial charge in [-0.25, -0.2) is 0 Å². The number of halogens is 3. The summed E-state index contributed by atoms with van der Waals surface area (Å²) in [6, 6.07) is 0. The zero-order chi connectivity index (χ0) is 11.9. The molecule has 0 rings (SSSR count). The van der Waals surface area contributed by atoms with E-state index in [0.29, 0.717) is 0 Å². The third-order valence-electron chi connectivity index (χ3n) is 1.62. The summed E-state index contributed by atoms with van der Waals surface area (Å²) < 4.78 is 57.1. The van der Waals surface area contributed by atoms with Crippen LogP contribution in [0.25, 0.3) is 0 Å². The van der Waals surface area contributed by atoms with Crippen LogP contribution in [-0.4, -0.2) is 26.4 Å². The first kappa shape index (κ1) is 15.0. The fourth-order valence-corrected chi connectivity index (χ4v) is 2.77. The van der Waals surface area contributed by atoms with Crippen molar-refractivity contribution in [2.75, 3.05) is 19.4 Å². The van der Waals surface area contributed by atoms with Gasteiger partial charge in [0.25, 0.3) is 0 Å². The Labute approximate surface area is 87.9 Å². The van der Waals surface area contributed by atoms with E-state index < -0.39 is 20.9 Å². The van der Waals surface area contributed by atoms with E-state index in [2.05, 4.69) is 0 Å². The van der Waals surface area contributed by atoms with Crippen LogP contribution in [0.3, 0.4) is 0 Å². The van der Waals surface area contributed by atoms with E-state index >= 15 is 0 Å². The van der Waals surface area contributed by atoms with E-state index in [9.17, 15) is 17.5 Å². The Bertz CT molecular complexity index is 212. The van der Waals surface area contributed by atoms with Gasteiger partial charge in [-0.05, 0) is 13.8 Å². The highest BCUT2D eigenvalue weighted by atomic mass is 31.2. The van der Waals surface area contributed by atoms with Crippen molar-refractivity contribution in [2.24, 2.45) is 0 Å². The van der Waals surface area contributed by atoms with E-state index in [-0.39, 0.29) is 25.8 Å². The van der Waals surface area contributed by atoms with Crippen LogP contribution < -0.4 is 0 Å². The average molecular weight is 247 g/mol. The normalized spacial score (nSPS) is 13.1. The summed E-state index contributed by atoms with van der Waals surface area (Å²) in [6.45, 7) is -1.21. The quantitative estimate of drug-likeness (QED) is 0.486. The highest BCUT2D eigenvalue weighted by Crippen LogP contribution is 2.49. The summed E-state index contributed by atoms with van der Waals surface area (Å²) in [5.41, 5.74) is 0. The highest BCUT2D eigenvalue weighted by Gasteiger charge is 2.27. The predicted octanol–water partition coefficient (Wildman–Crippen LogP) is 3.49. The molecule has 0 amide bonds. The van der Waals surface area contributed by atoms with Crippen LogP contribution in [0.2, 0.25) is 6.32 Å². The summed E-state index contributed by atoms with van der Waals surface area (Å²) in [5, 5.41) is 0. The molecule has 0 aromatic heterocycles. The third-order valence-corrected chi connectivity index (χ3v) is 3.78. The minimum atomic E-state index is -4.81. The molecule has 0 bridgehead atoms. The van der Waals surface area contributed by atoms with Gasteiger partial charge in [0, 0.05) is 6.16 Å². The monoisotopic (exact) mass is 247 g/mol. The van der Waals surface area contributed by atoms with E-state index in [4.69, 9.17) is 9.05 Å². The van der Waals surface area contributed by atoms with Gasteiger partial charge in [0.15, 0.2) is 0 Å². The van der Waals surface area contributed by atoms with Crippen molar-refractivity contribution >= 4 is 14.6 Å². The Morgan fingerprint density at radius 3 is 1.93 bits per heavy atom. The second kappa shape index (κ2) is 6.56. The topological polar surface area (TPSA) is 35.5 Å². The van der Waals surface area contributed by atoms with Gasteiger partial charge in [-0.3, -0.25) is 4.57 Å². The van der Waals surface area contributed by atoms with Crippen LogP contribution in [0.1, 0.15) is 20.3 Å². The first-order valence-corrected chi connectivity index (χ1v) is 6.65. The molecule has 0 spiro atoms. The lowest BCUT2D eigenvalue weighted by atomic mass is 9.85. The Hall–Kier alpha value is 0.00494.